The maximum absolute atomic E-state index is 12.5. The summed E-state index contributed by atoms with van der Waals surface area (Å²) in [5, 5.41) is -0.356. The van der Waals surface area contributed by atoms with E-state index in [2.05, 4.69) is 9.97 Å². The SMILES string of the molecule is COc1cccc(Oc2cc(Cl)nc(C(F)(F)F)n2)c1. The first-order valence-electron chi connectivity index (χ1n) is 5.32. The molecule has 0 saturated heterocycles. The molecule has 2 aromatic rings. The standard InChI is InChI=1S/C12H8ClF3N2O2/c1-19-7-3-2-4-8(5-7)20-10-6-9(13)17-11(18-10)12(14,15)16/h2-6H,1H3. The first-order valence-corrected chi connectivity index (χ1v) is 5.70. The van der Waals surface area contributed by atoms with E-state index >= 15 is 0 Å². The van der Waals surface area contributed by atoms with Crippen molar-refractivity contribution in [3.63, 3.8) is 0 Å². The number of hydrogen-bond acceptors (Lipinski definition) is 4. The van der Waals surface area contributed by atoms with Crippen LogP contribution in [-0.2, 0) is 6.18 Å². The van der Waals surface area contributed by atoms with Crippen molar-refractivity contribution in [2.45, 2.75) is 6.18 Å². The van der Waals surface area contributed by atoms with Gasteiger partial charge in [0.05, 0.1) is 7.11 Å². The topological polar surface area (TPSA) is 44.2 Å². The molecule has 0 radical (unpaired) electrons. The molecule has 0 fully saturated rings. The van der Waals surface area contributed by atoms with E-state index in [4.69, 9.17) is 21.1 Å². The van der Waals surface area contributed by atoms with Gasteiger partial charge in [-0.2, -0.15) is 18.2 Å². The van der Waals surface area contributed by atoms with Gasteiger partial charge >= 0.3 is 6.18 Å². The van der Waals surface area contributed by atoms with Crippen LogP contribution in [0.4, 0.5) is 13.2 Å². The first kappa shape index (κ1) is 14.4. The minimum atomic E-state index is -4.70. The summed E-state index contributed by atoms with van der Waals surface area (Å²) in [4.78, 5) is 6.38. The van der Waals surface area contributed by atoms with E-state index in [1.807, 2.05) is 0 Å². The Bertz CT molecular complexity index is 620. The number of hydrogen-bond donors (Lipinski definition) is 0. The smallest absolute Gasteiger partial charge is 0.451 e. The van der Waals surface area contributed by atoms with Crippen LogP contribution in [0.15, 0.2) is 30.3 Å². The third-order valence-corrected chi connectivity index (χ3v) is 2.38. The van der Waals surface area contributed by atoms with Crippen molar-refractivity contribution < 1.29 is 22.6 Å². The van der Waals surface area contributed by atoms with Crippen LogP contribution in [0.3, 0.4) is 0 Å². The molecule has 0 aliphatic carbocycles. The average molecular weight is 305 g/mol. The zero-order valence-corrected chi connectivity index (χ0v) is 10.9. The molecule has 0 unspecified atom stereocenters. The Morgan fingerprint density at radius 2 is 1.80 bits per heavy atom. The molecule has 0 bridgehead atoms. The Morgan fingerprint density at radius 1 is 1.10 bits per heavy atom. The predicted octanol–water partition coefficient (Wildman–Crippen LogP) is 3.95. The van der Waals surface area contributed by atoms with Crippen molar-refractivity contribution >= 4 is 11.6 Å². The number of methoxy groups -OCH3 is 1. The monoisotopic (exact) mass is 304 g/mol. The number of rotatable bonds is 3. The summed E-state index contributed by atoms with van der Waals surface area (Å²) in [5.41, 5.74) is 0. The fraction of sp³-hybridized carbons (Fsp3) is 0.167. The summed E-state index contributed by atoms with van der Waals surface area (Å²) in [6.45, 7) is 0. The van der Waals surface area contributed by atoms with Crippen molar-refractivity contribution in [2.75, 3.05) is 7.11 Å². The Kier molecular flexibility index (Phi) is 3.99. The van der Waals surface area contributed by atoms with Crippen molar-refractivity contribution in [1.29, 1.82) is 0 Å². The highest BCUT2D eigenvalue weighted by Crippen LogP contribution is 2.30. The summed E-state index contributed by atoms with van der Waals surface area (Å²) in [6, 6.07) is 7.44. The van der Waals surface area contributed by atoms with Gasteiger partial charge in [-0.3, -0.25) is 0 Å². The van der Waals surface area contributed by atoms with Crippen LogP contribution in [0.1, 0.15) is 5.82 Å². The molecule has 1 aromatic carbocycles. The molecule has 2 rings (SSSR count). The molecule has 0 N–H and O–H groups in total. The van der Waals surface area contributed by atoms with Crippen molar-refractivity contribution in [2.24, 2.45) is 0 Å². The van der Waals surface area contributed by atoms with Crippen LogP contribution in [0.2, 0.25) is 5.15 Å². The summed E-state index contributed by atoms with van der Waals surface area (Å²) in [5.74, 6) is -0.889. The van der Waals surface area contributed by atoms with Gasteiger partial charge in [0.2, 0.25) is 11.7 Å². The third-order valence-electron chi connectivity index (χ3n) is 2.19. The third kappa shape index (κ3) is 3.51. The molecular formula is C12H8ClF3N2O2. The molecule has 4 nitrogen and oxygen atoms in total. The number of halogens is 4. The molecule has 0 amide bonds. The molecule has 20 heavy (non-hydrogen) atoms. The van der Waals surface area contributed by atoms with Gasteiger partial charge in [-0.1, -0.05) is 17.7 Å². The predicted molar refractivity (Wildman–Crippen MR) is 65.1 cm³/mol. The van der Waals surface area contributed by atoms with E-state index < -0.39 is 12.0 Å². The van der Waals surface area contributed by atoms with E-state index in [1.54, 1.807) is 18.2 Å². The number of nitrogens with zero attached hydrogens (tertiary/aromatic N) is 2. The zero-order valence-electron chi connectivity index (χ0n) is 10.1. The van der Waals surface area contributed by atoms with Crippen LogP contribution in [0, 0.1) is 0 Å². The lowest BCUT2D eigenvalue weighted by Crippen LogP contribution is -2.11. The largest absolute Gasteiger partial charge is 0.497 e. The summed E-state index contributed by atoms with van der Waals surface area (Å²) >= 11 is 5.53. The normalized spacial score (nSPS) is 11.2. The van der Waals surface area contributed by atoms with Gasteiger partial charge in [0.25, 0.3) is 0 Å². The molecule has 1 heterocycles. The summed E-state index contributed by atoms with van der Waals surface area (Å²) < 4.78 is 47.8. The van der Waals surface area contributed by atoms with Crippen molar-refractivity contribution in [3.8, 4) is 17.4 Å². The fourth-order valence-corrected chi connectivity index (χ4v) is 1.53. The van der Waals surface area contributed by atoms with Crippen LogP contribution in [0.5, 0.6) is 17.4 Å². The quantitative estimate of drug-likeness (QED) is 0.805. The minimum Gasteiger partial charge on any atom is -0.497 e. The highest BCUT2D eigenvalue weighted by molar-refractivity contribution is 6.29. The van der Waals surface area contributed by atoms with Gasteiger partial charge in [-0.15, -0.1) is 0 Å². The van der Waals surface area contributed by atoms with E-state index in [9.17, 15) is 13.2 Å². The van der Waals surface area contributed by atoms with Crippen LogP contribution < -0.4 is 9.47 Å². The van der Waals surface area contributed by atoms with Crippen LogP contribution in [0.25, 0.3) is 0 Å². The van der Waals surface area contributed by atoms with Gasteiger partial charge in [0.1, 0.15) is 16.7 Å². The highest BCUT2D eigenvalue weighted by atomic mass is 35.5. The van der Waals surface area contributed by atoms with E-state index in [0.29, 0.717) is 5.75 Å². The summed E-state index contributed by atoms with van der Waals surface area (Å²) in [6.07, 6.45) is -4.70. The van der Waals surface area contributed by atoms with Gasteiger partial charge in [0, 0.05) is 12.1 Å². The van der Waals surface area contributed by atoms with Gasteiger partial charge in [0.15, 0.2) is 0 Å². The number of alkyl halides is 3. The first-order chi connectivity index (χ1) is 9.38. The molecule has 8 heteroatoms. The van der Waals surface area contributed by atoms with Gasteiger partial charge < -0.3 is 9.47 Å². The van der Waals surface area contributed by atoms with Crippen molar-refractivity contribution in [1.82, 2.24) is 9.97 Å². The maximum Gasteiger partial charge on any atom is 0.451 e. The lowest BCUT2D eigenvalue weighted by molar-refractivity contribution is -0.145. The second-order valence-electron chi connectivity index (χ2n) is 3.63. The van der Waals surface area contributed by atoms with E-state index in [-0.39, 0.29) is 16.8 Å². The molecule has 106 valence electrons. The maximum atomic E-state index is 12.5. The highest BCUT2D eigenvalue weighted by Gasteiger charge is 2.35. The Labute approximate surface area is 117 Å². The molecule has 1 aromatic heterocycles. The van der Waals surface area contributed by atoms with E-state index in [1.165, 1.54) is 13.2 Å². The van der Waals surface area contributed by atoms with Crippen LogP contribution in [-0.4, -0.2) is 17.1 Å². The van der Waals surface area contributed by atoms with E-state index in [0.717, 1.165) is 6.07 Å². The Balaban J connectivity index is 2.31. The lowest BCUT2D eigenvalue weighted by Gasteiger charge is -2.09. The van der Waals surface area contributed by atoms with Gasteiger partial charge in [-0.25, -0.2) is 4.98 Å². The second kappa shape index (κ2) is 5.54. The Morgan fingerprint density at radius 3 is 2.45 bits per heavy atom. The second-order valence-corrected chi connectivity index (χ2v) is 4.02. The lowest BCUT2D eigenvalue weighted by atomic mass is 10.3. The molecule has 0 saturated carbocycles. The van der Waals surface area contributed by atoms with Crippen LogP contribution >= 0.6 is 11.6 Å². The molecule has 0 spiro atoms. The van der Waals surface area contributed by atoms with Gasteiger partial charge in [-0.05, 0) is 12.1 Å². The Hall–Kier alpha value is -2.02. The molecular weight excluding hydrogens is 297 g/mol. The molecule has 0 atom stereocenters. The number of ether oxygens (including phenoxy) is 2. The molecule has 0 aliphatic rings. The minimum absolute atomic E-state index is 0.271. The van der Waals surface area contributed by atoms with Crippen molar-refractivity contribution in [3.05, 3.63) is 41.3 Å². The molecule has 0 aliphatic heterocycles. The fourth-order valence-electron chi connectivity index (χ4n) is 1.36. The number of aromatic nitrogens is 2. The zero-order chi connectivity index (χ0) is 14.8. The average Bonchev–Trinajstić information content (AvgIpc) is 2.37. The summed E-state index contributed by atoms with van der Waals surface area (Å²) in [7, 11) is 1.46. The number of benzene rings is 1.